The third-order valence-corrected chi connectivity index (χ3v) is 1.81. The Morgan fingerprint density at radius 2 is 1.92 bits per heavy atom. The Labute approximate surface area is 74.2 Å². The van der Waals surface area contributed by atoms with Crippen molar-refractivity contribution in [1.29, 1.82) is 10.8 Å². The summed E-state index contributed by atoms with van der Waals surface area (Å²) in [7, 11) is 0. The van der Waals surface area contributed by atoms with Gasteiger partial charge in [-0.2, -0.15) is 0 Å². The molecule has 0 unspecified atom stereocenters. The molecule has 0 amide bonds. The molecule has 0 bridgehead atoms. The second kappa shape index (κ2) is 3.87. The largest absolute Gasteiger partial charge is 0.378 e. The summed E-state index contributed by atoms with van der Waals surface area (Å²) in [4.78, 5) is 3.82. The van der Waals surface area contributed by atoms with Gasteiger partial charge in [-0.1, -0.05) is 0 Å². The minimum atomic E-state index is -0.0724. The monoisotopic (exact) mass is 180 g/mol. The number of aromatic nitrogens is 1. The third-order valence-electron chi connectivity index (χ3n) is 1.15. The number of nitrogens with two attached hydrogens (primary N) is 1. The summed E-state index contributed by atoms with van der Waals surface area (Å²) in [6.45, 7) is 0. The SMILES string of the molecule is N=C(N)SC(=N)c1ccncc1. The summed E-state index contributed by atoms with van der Waals surface area (Å²) in [5, 5.41) is 14.6. The van der Waals surface area contributed by atoms with Crippen LogP contribution >= 0.6 is 11.8 Å². The van der Waals surface area contributed by atoms with Crippen LogP contribution in [-0.2, 0) is 0 Å². The molecule has 0 saturated heterocycles. The lowest BCUT2D eigenvalue weighted by molar-refractivity contribution is 1.32. The number of amidine groups is 1. The molecular weight excluding hydrogens is 172 g/mol. The highest BCUT2D eigenvalue weighted by molar-refractivity contribution is 8.26. The molecule has 0 aromatic carbocycles. The average Bonchev–Trinajstić information content (AvgIpc) is 2.05. The van der Waals surface area contributed by atoms with Crippen LogP contribution in [0.25, 0.3) is 0 Å². The Hall–Kier alpha value is -1.36. The van der Waals surface area contributed by atoms with Crippen LogP contribution in [0.1, 0.15) is 5.56 Å². The van der Waals surface area contributed by atoms with Gasteiger partial charge in [-0.25, -0.2) is 0 Å². The molecule has 1 rings (SSSR count). The number of hydrogen-bond donors (Lipinski definition) is 3. The van der Waals surface area contributed by atoms with E-state index in [2.05, 4.69) is 4.98 Å². The van der Waals surface area contributed by atoms with Crippen LogP contribution in [0.15, 0.2) is 24.5 Å². The number of hydrogen-bond acceptors (Lipinski definition) is 4. The summed E-state index contributed by atoms with van der Waals surface area (Å²) >= 11 is 0.924. The molecule has 0 saturated carbocycles. The lowest BCUT2D eigenvalue weighted by atomic mass is 10.3. The second-order valence-electron chi connectivity index (χ2n) is 2.03. The van der Waals surface area contributed by atoms with Crippen molar-refractivity contribution < 1.29 is 0 Å². The van der Waals surface area contributed by atoms with Gasteiger partial charge in [0.05, 0.1) is 0 Å². The number of nitrogens with one attached hydrogen (secondary N) is 2. The Bertz CT molecular complexity index is 296. The Kier molecular flexibility index (Phi) is 2.82. The molecule has 12 heavy (non-hydrogen) atoms. The van der Waals surface area contributed by atoms with E-state index >= 15 is 0 Å². The maximum atomic E-state index is 7.47. The molecule has 1 aromatic rings. The standard InChI is InChI=1S/C7H8N4S/c8-6(12-7(9)10)5-1-3-11-4-2-5/h1-4,8H,(H3,9,10). The van der Waals surface area contributed by atoms with Crippen molar-refractivity contribution in [3.8, 4) is 0 Å². The number of rotatable bonds is 1. The van der Waals surface area contributed by atoms with Crippen LogP contribution in [0.3, 0.4) is 0 Å². The normalized spacial score (nSPS) is 9.33. The van der Waals surface area contributed by atoms with Crippen molar-refractivity contribution in [3.63, 3.8) is 0 Å². The summed E-state index contributed by atoms with van der Waals surface area (Å²) in [5.74, 6) is 0. The van der Waals surface area contributed by atoms with E-state index in [0.29, 0.717) is 0 Å². The molecule has 5 heteroatoms. The van der Waals surface area contributed by atoms with Gasteiger partial charge in [0.2, 0.25) is 0 Å². The smallest absolute Gasteiger partial charge is 0.157 e. The summed E-state index contributed by atoms with van der Waals surface area (Å²) in [5.41, 5.74) is 5.85. The van der Waals surface area contributed by atoms with Crippen LogP contribution in [-0.4, -0.2) is 15.2 Å². The number of pyridine rings is 1. The van der Waals surface area contributed by atoms with Crippen molar-refractivity contribution in [2.75, 3.05) is 0 Å². The Morgan fingerprint density at radius 1 is 1.33 bits per heavy atom. The fourth-order valence-electron chi connectivity index (χ4n) is 0.672. The quantitative estimate of drug-likeness (QED) is 0.445. The van der Waals surface area contributed by atoms with Crippen LogP contribution in [0.2, 0.25) is 0 Å². The molecule has 4 N–H and O–H groups in total. The highest BCUT2D eigenvalue weighted by atomic mass is 32.2. The Morgan fingerprint density at radius 3 is 2.42 bits per heavy atom. The maximum Gasteiger partial charge on any atom is 0.157 e. The summed E-state index contributed by atoms with van der Waals surface area (Å²) < 4.78 is 0. The molecule has 1 heterocycles. The van der Waals surface area contributed by atoms with E-state index in [1.807, 2.05) is 0 Å². The average molecular weight is 180 g/mol. The van der Waals surface area contributed by atoms with Gasteiger partial charge in [-0.05, 0) is 23.9 Å². The molecule has 0 aliphatic rings. The first-order chi connectivity index (χ1) is 5.70. The zero-order valence-corrected chi connectivity index (χ0v) is 7.06. The molecule has 0 radical (unpaired) electrons. The van der Waals surface area contributed by atoms with Gasteiger partial charge in [0.15, 0.2) is 5.17 Å². The fraction of sp³-hybridized carbons (Fsp3) is 0. The van der Waals surface area contributed by atoms with Crippen LogP contribution in [0, 0.1) is 10.8 Å². The number of thioether (sulfide) groups is 1. The van der Waals surface area contributed by atoms with Crippen LogP contribution in [0.4, 0.5) is 0 Å². The van der Waals surface area contributed by atoms with Crippen LogP contribution in [0.5, 0.6) is 0 Å². The van der Waals surface area contributed by atoms with Crippen molar-refractivity contribution in [2.45, 2.75) is 0 Å². The predicted octanol–water partition coefficient (Wildman–Crippen LogP) is 1.03. The molecule has 0 aliphatic heterocycles. The van der Waals surface area contributed by atoms with Crippen molar-refractivity contribution in [1.82, 2.24) is 4.98 Å². The second-order valence-corrected chi connectivity index (χ2v) is 3.08. The van der Waals surface area contributed by atoms with E-state index in [-0.39, 0.29) is 10.2 Å². The van der Waals surface area contributed by atoms with Crippen molar-refractivity contribution in [2.24, 2.45) is 5.73 Å². The van der Waals surface area contributed by atoms with E-state index < -0.39 is 0 Å². The Balaban J connectivity index is 2.73. The highest BCUT2D eigenvalue weighted by Crippen LogP contribution is 2.09. The van der Waals surface area contributed by atoms with E-state index in [4.69, 9.17) is 16.6 Å². The van der Waals surface area contributed by atoms with Gasteiger partial charge < -0.3 is 5.73 Å². The van der Waals surface area contributed by atoms with Gasteiger partial charge in [-0.15, -0.1) is 0 Å². The highest BCUT2D eigenvalue weighted by Gasteiger charge is 2.02. The topological polar surface area (TPSA) is 86.6 Å². The van der Waals surface area contributed by atoms with Crippen molar-refractivity contribution >= 4 is 22.0 Å². The van der Waals surface area contributed by atoms with Crippen LogP contribution < -0.4 is 5.73 Å². The van der Waals surface area contributed by atoms with Gasteiger partial charge in [0.1, 0.15) is 5.04 Å². The van der Waals surface area contributed by atoms with Gasteiger partial charge in [-0.3, -0.25) is 15.8 Å². The summed E-state index contributed by atoms with van der Waals surface area (Å²) in [6.07, 6.45) is 3.20. The molecular formula is C7H8N4S. The molecule has 0 atom stereocenters. The molecule has 1 aromatic heterocycles. The lowest BCUT2D eigenvalue weighted by Crippen LogP contribution is -2.08. The van der Waals surface area contributed by atoms with Crippen molar-refractivity contribution in [3.05, 3.63) is 30.1 Å². The minimum absolute atomic E-state index is 0.0724. The predicted molar refractivity (Wildman–Crippen MR) is 50.6 cm³/mol. The lowest BCUT2D eigenvalue weighted by Gasteiger charge is -1.99. The maximum absolute atomic E-state index is 7.47. The first-order valence-electron chi connectivity index (χ1n) is 3.21. The van der Waals surface area contributed by atoms with Gasteiger partial charge in [0.25, 0.3) is 0 Å². The first-order valence-corrected chi connectivity index (χ1v) is 4.02. The zero-order chi connectivity index (χ0) is 8.97. The number of nitrogens with zero attached hydrogens (tertiary/aromatic N) is 1. The van der Waals surface area contributed by atoms with Gasteiger partial charge >= 0.3 is 0 Å². The fourth-order valence-corrected chi connectivity index (χ4v) is 1.15. The van der Waals surface area contributed by atoms with E-state index in [1.54, 1.807) is 24.5 Å². The third kappa shape index (κ3) is 2.35. The van der Waals surface area contributed by atoms with E-state index in [9.17, 15) is 0 Å². The molecule has 0 aliphatic carbocycles. The summed E-state index contributed by atoms with van der Waals surface area (Å²) in [6, 6.07) is 3.41. The van der Waals surface area contributed by atoms with E-state index in [1.165, 1.54) is 0 Å². The molecule has 0 fully saturated rings. The molecule has 62 valence electrons. The zero-order valence-electron chi connectivity index (χ0n) is 6.24. The molecule has 4 nitrogen and oxygen atoms in total. The first kappa shape index (κ1) is 8.73. The molecule has 0 spiro atoms. The van der Waals surface area contributed by atoms with E-state index in [0.717, 1.165) is 17.3 Å². The van der Waals surface area contributed by atoms with Gasteiger partial charge in [0, 0.05) is 18.0 Å². The minimum Gasteiger partial charge on any atom is -0.378 e.